The zero-order valence-electron chi connectivity index (χ0n) is 11.6. The van der Waals surface area contributed by atoms with Crippen LogP contribution in [0.1, 0.15) is 0 Å². The number of hydrogen-bond donors (Lipinski definition) is 1. The molecule has 3 heterocycles. The summed E-state index contributed by atoms with van der Waals surface area (Å²) in [4.78, 5) is 6.52. The Labute approximate surface area is 122 Å². The van der Waals surface area contributed by atoms with Gasteiger partial charge in [0.15, 0.2) is 5.82 Å². The van der Waals surface area contributed by atoms with Crippen LogP contribution in [0.15, 0.2) is 36.5 Å². The van der Waals surface area contributed by atoms with Crippen LogP contribution in [0.25, 0.3) is 11.1 Å². The Balaban J connectivity index is 1.68. The first-order valence-electron chi connectivity index (χ1n) is 7.01. The summed E-state index contributed by atoms with van der Waals surface area (Å²) in [5.41, 5.74) is 8.29. The summed E-state index contributed by atoms with van der Waals surface area (Å²) in [7, 11) is 0. The van der Waals surface area contributed by atoms with Crippen LogP contribution in [-0.4, -0.2) is 31.3 Å². The van der Waals surface area contributed by atoms with Gasteiger partial charge in [-0.1, -0.05) is 18.2 Å². The number of nitrogens with zero attached hydrogens (tertiary/aromatic N) is 2. The maximum absolute atomic E-state index is 14.0. The molecule has 5 heteroatoms. The monoisotopic (exact) mass is 285 g/mol. The molecule has 0 unspecified atom stereocenters. The van der Waals surface area contributed by atoms with Gasteiger partial charge in [0.2, 0.25) is 0 Å². The molecule has 2 saturated heterocycles. The van der Waals surface area contributed by atoms with E-state index in [-0.39, 0.29) is 5.82 Å². The third-order valence-electron chi connectivity index (χ3n) is 4.30. The second kappa shape index (κ2) is 4.43. The second-order valence-corrected chi connectivity index (χ2v) is 5.92. The maximum atomic E-state index is 14.0. The predicted octanol–water partition coefficient (Wildman–Crippen LogP) is 2.31. The first kappa shape index (κ1) is 12.6. The molecule has 0 radical (unpaired) electrons. The van der Waals surface area contributed by atoms with Crippen LogP contribution < -0.4 is 10.6 Å². The summed E-state index contributed by atoms with van der Waals surface area (Å²) >= 11 is 0. The van der Waals surface area contributed by atoms with Crippen LogP contribution in [-0.2, 0) is 4.74 Å². The molecule has 0 saturated carbocycles. The number of halogens is 1. The van der Waals surface area contributed by atoms with Gasteiger partial charge in [-0.2, -0.15) is 0 Å². The molecule has 1 aromatic heterocycles. The molecule has 4 rings (SSSR count). The SMILES string of the molecule is Nc1c(-c2ccccc2F)ccnc1N1CC2(COC2)C1. The van der Waals surface area contributed by atoms with Crippen molar-refractivity contribution in [3.8, 4) is 11.1 Å². The minimum absolute atomic E-state index is 0.270. The van der Waals surface area contributed by atoms with Crippen molar-refractivity contribution < 1.29 is 9.13 Å². The lowest BCUT2D eigenvalue weighted by Crippen LogP contribution is -2.66. The molecule has 0 aliphatic carbocycles. The molecule has 4 nitrogen and oxygen atoms in total. The molecule has 0 atom stereocenters. The fraction of sp³-hybridized carbons (Fsp3) is 0.312. The van der Waals surface area contributed by atoms with E-state index in [1.165, 1.54) is 6.07 Å². The Morgan fingerprint density at radius 3 is 2.57 bits per heavy atom. The highest BCUT2D eigenvalue weighted by molar-refractivity contribution is 5.84. The average molecular weight is 285 g/mol. The first-order chi connectivity index (χ1) is 10.2. The van der Waals surface area contributed by atoms with E-state index < -0.39 is 0 Å². The molecule has 2 aromatic rings. The number of aromatic nitrogens is 1. The number of nitrogens with two attached hydrogens (primary N) is 1. The Kier molecular flexibility index (Phi) is 2.65. The van der Waals surface area contributed by atoms with Crippen LogP contribution in [0.3, 0.4) is 0 Å². The van der Waals surface area contributed by atoms with Crippen LogP contribution in [0.5, 0.6) is 0 Å². The van der Waals surface area contributed by atoms with Crippen molar-refractivity contribution in [2.45, 2.75) is 0 Å². The molecule has 2 fully saturated rings. The standard InChI is InChI=1S/C16H16FN3O/c17-13-4-2-1-3-11(13)12-5-6-19-15(14(12)18)20-7-16(8-20)9-21-10-16/h1-6H,7-10,18H2. The van der Waals surface area contributed by atoms with E-state index in [9.17, 15) is 4.39 Å². The van der Waals surface area contributed by atoms with Crippen LogP contribution in [0, 0.1) is 11.2 Å². The number of nitrogen functional groups attached to an aromatic ring is 1. The van der Waals surface area contributed by atoms with E-state index in [2.05, 4.69) is 9.88 Å². The largest absolute Gasteiger partial charge is 0.395 e. The molecule has 2 aliphatic heterocycles. The Morgan fingerprint density at radius 1 is 1.14 bits per heavy atom. The third-order valence-corrected chi connectivity index (χ3v) is 4.30. The van der Waals surface area contributed by atoms with Crippen molar-refractivity contribution in [2.75, 3.05) is 36.9 Å². The molecule has 21 heavy (non-hydrogen) atoms. The minimum Gasteiger partial charge on any atom is -0.395 e. The number of pyridine rings is 1. The minimum atomic E-state index is -0.270. The Bertz CT molecular complexity index is 692. The number of rotatable bonds is 2. The lowest BCUT2D eigenvalue weighted by molar-refractivity contribution is -0.127. The van der Waals surface area contributed by atoms with Crippen molar-refractivity contribution >= 4 is 11.5 Å². The number of anilines is 2. The molecular weight excluding hydrogens is 269 g/mol. The quantitative estimate of drug-likeness (QED) is 0.920. The predicted molar refractivity (Wildman–Crippen MR) is 79.5 cm³/mol. The van der Waals surface area contributed by atoms with E-state index in [1.54, 1.807) is 24.4 Å². The lowest BCUT2D eigenvalue weighted by atomic mass is 9.78. The van der Waals surface area contributed by atoms with Crippen molar-refractivity contribution in [3.05, 3.63) is 42.3 Å². The molecule has 1 aromatic carbocycles. The fourth-order valence-corrected chi connectivity index (χ4v) is 3.12. The van der Waals surface area contributed by atoms with Gasteiger partial charge >= 0.3 is 0 Å². The fourth-order valence-electron chi connectivity index (χ4n) is 3.12. The second-order valence-electron chi connectivity index (χ2n) is 5.92. The zero-order chi connectivity index (χ0) is 14.4. The summed E-state index contributed by atoms with van der Waals surface area (Å²) in [6.45, 7) is 3.45. The molecule has 0 bridgehead atoms. The van der Waals surface area contributed by atoms with E-state index in [4.69, 9.17) is 10.5 Å². The molecule has 108 valence electrons. The smallest absolute Gasteiger partial charge is 0.152 e. The summed E-state index contributed by atoms with van der Waals surface area (Å²) in [5, 5.41) is 0. The van der Waals surface area contributed by atoms with Crippen molar-refractivity contribution in [1.82, 2.24) is 4.98 Å². The summed E-state index contributed by atoms with van der Waals surface area (Å²) in [5.74, 6) is 0.474. The lowest BCUT2D eigenvalue weighted by Gasteiger charge is -2.55. The van der Waals surface area contributed by atoms with E-state index >= 15 is 0 Å². The van der Waals surface area contributed by atoms with Gasteiger partial charge in [0.25, 0.3) is 0 Å². The molecule has 0 amide bonds. The van der Waals surface area contributed by atoms with Crippen molar-refractivity contribution in [3.63, 3.8) is 0 Å². The Hall–Kier alpha value is -2.14. The highest BCUT2D eigenvalue weighted by Crippen LogP contribution is 2.43. The first-order valence-corrected chi connectivity index (χ1v) is 7.01. The third kappa shape index (κ3) is 1.88. The van der Waals surface area contributed by atoms with Gasteiger partial charge in [0.05, 0.1) is 24.3 Å². The van der Waals surface area contributed by atoms with Crippen molar-refractivity contribution in [2.24, 2.45) is 5.41 Å². The highest BCUT2D eigenvalue weighted by Gasteiger charge is 2.49. The maximum Gasteiger partial charge on any atom is 0.152 e. The Morgan fingerprint density at radius 2 is 1.90 bits per heavy atom. The van der Waals surface area contributed by atoms with Gasteiger partial charge in [-0.25, -0.2) is 9.37 Å². The van der Waals surface area contributed by atoms with Crippen molar-refractivity contribution in [1.29, 1.82) is 0 Å². The molecule has 2 aliphatic rings. The van der Waals surface area contributed by atoms with E-state index in [1.807, 2.05) is 6.07 Å². The molecular formula is C16H16FN3O. The number of benzene rings is 1. The van der Waals surface area contributed by atoms with Crippen LogP contribution >= 0.6 is 0 Å². The number of ether oxygens (including phenoxy) is 1. The zero-order valence-corrected chi connectivity index (χ0v) is 11.6. The summed E-state index contributed by atoms with van der Waals surface area (Å²) in [6.07, 6.45) is 1.69. The van der Waals surface area contributed by atoms with Gasteiger partial charge in [-0.3, -0.25) is 0 Å². The van der Waals surface area contributed by atoms with E-state index in [0.29, 0.717) is 22.2 Å². The van der Waals surface area contributed by atoms with Gasteiger partial charge in [0, 0.05) is 30.4 Å². The normalized spacial score (nSPS) is 19.2. The summed E-state index contributed by atoms with van der Waals surface area (Å²) in [6, 6.07) is 8.43. The van der Waals surface area contributed by atoms with Gasteiger partial charge in [0.1, 0.15) is 5.82 Å². The average Bonchev–Trinajstić information content (AvgIpc) is 2.38. The van der Waals surface area contributed by atoms with E-state index in [0.717, 1.165) is 32.1 Å². The van der Waals surface area contributed by atoms with Crippen LogP contribution in [0.4, 0.5) is 15.9 Å². The van der Waals surface area contributed by atoms with Gasteiger partial charge in [-0.05, 0) is 12.1 Å². The topological polar surface area (TPSA) is 51.4 Å². The summed E-state index contributed by atoms with van der Waals surface area (Å²) < 4.78 is 19.2. The molecule has 1 spiro atoms. The number of hydrogen-bond acceptors (Lipinski definition) is 4. The van der Waals surface area contributed by atoms with Gasteiger partial charge < -0.3 is 15.4 Å². The van der Waals surface area contributed by atoms with Crippen LogP contribution in [0.2, 0.25) is 0 Å². The van der Waals surface area contributed by atoms with Gasteiger partial charge in [-0.15, -0.1) is 0 Å². The molecule has 2 N–H and O–H groups in total. The highest BCUT2D eigenvalue weighted by atomic mass is 19.1.